The topological polar surface area (TPSA) is 61.8 Å². The van der Waals surface area contributed by atoms with Gasteiger partial charge in [-0.25, -0.2) is 0 Å². The molecular weight excluding hydrogens is 344 g/mol. The predicted octanol–water partition coefficient (Wildman–Crippen LogP) is 3.28. The van der Waals surface area contributed by atoms with Crippen molar-refractivity contribution in [3.8, 4) is 0 Å². The largest absolute Gasteiger partial charge is 0.469 e. The maximum absolute atomic E-state index is 12.7. The van der Waals surface area contributed by atoms with Gasteiger partial charge in [0.15, 0.2) is 5.79 Å². The molecule has 0 bridgehead atoms. The minimum absolute atomic E-state index is 0.0929. The van der Waals surface area contributed by atoms with E-state index in [1.54, 1.807) is 0 Å². The van der Waals surface area contributed by atoms with E-state index in [2.05, 4.69) is 0 Å². The van der Waals surface area contributed by atoms with Crippen LogP contribution in [0, 0.1) is 11.8 Å². The van der Waals surface area contributed by atoms with Crippen LogP contribution in [0.15, 0.2) is 42.5 Å². The number of fused-ring (bicyclic) bond motifs is 1. The van der Waals surface area contributed by atoms with Crippen LogP contribution in [0.5, 0.6) is 0 Å². The molecule has 2 fully saturated rings. The Bertz CT molecular complexity index is 847. The third-order valence-electron chi connectivity index (χ3n) is 5.82. The molecule has 2 aromatic rings. The fourth-order valence-electron chi connectivity index (χ4n) is 4.42. The number of carbonyl (C=O) groups is 2. The van der Waals surface area contributed by atoms with E-state index in [0.29, 0.717) is 38.9 Å². The van der Waals surface area contributed by atoms with Gasteiger partial charge in [0.1, 0.15) is 5.78 Å². The summed E-state index contributed by atoms with van der Waals surface area (Å²) in [5.74, 6) is -1.97. The second-order valence-corrected chi connectivity index (χ2v) is 7.36. The van der Waals surface area contributed by atoms with Gasteiger partial charge in [0.25, 0.3) is 0 Å². The molecule has 2 aliphatic rings. The minimum Gasteiger partial charge on any atom is -0.469 e. The smallest absolute Gasteiger partial charge is 0.309 e. The average molecular weight is 368 g/mol. The molecule has 0 radical (unpaired) electrons. The van der Waals surface area contributed by atoms with Crippen molar-refractivity contribution in [2.75, 3.05) is 20.3 Å². The quantitative estimate of drug-likeness (QED) is 0.775. The van der Waals surface area contributed by atoms with Gasteiger partial charge < -0.3 is 14.2 Å². The number of hydrogen-bond donors (Lipinski definition) is 0. The Morgan fingerprint density at radius 2 is 1.93 bits per heavy atom. The first-order valence-electron chi connectivity index (χ1n) is 9.47. The Morgan fingerprint density at radius 3 is 2.70 bits per heavy atom. The Kier molecular flexibility index (Phi) is 4.98. The van der Waals surface area contributed by atoms with Crippen molar-refractivity contribution in [3.63, 3.8) is 0 Å². The number of carbonyl (C=O) groups excluding carboxylic acids is 2. The lowest BCUT2D eigenvalue weighted by atomic mass is 9.73. The van der Waals surface area contributed by atoms with Crippen LogP contribution < -0.4 is 0 Å². The van der Waals surface area contributed by atoms with Gasteiger partial charge in [-0.1, -0.05) is 42.5 Å². The van der Waals surface area contributed by atoms with Gasteiger partial charge in [-0.2, -0.15) is 0 Å². The first kappa shape index (κ1) is 18.1. The lowest BCUT2D eigenvalue weighted by Gasteiger charge is -2.37. The van der Waals surface area contributed by atoms with Gasteiger partial charge in [-0.3, -0.25) is 9.59 Å². The molecule has 1 spiro atoms. The summed E-state index contributed by atoms with van der Waals surface area (Å²) in [6.45, 7) is 1.07. The Labute approximate surface area is 158 Å². The van der Waals surface area contributed by atoms with E-state index in [1.165, 1.54) is 7.11 Å². The molecular formula is C22H24O5. The number of ether oxygens (including phenoxy) is 3. The molecule has 4 rings (SSSR count). The maximum atomic E-state index is 12.7. The SMILES string of the molecule is COC(=O)[C@H](Cc1cccc2ccccc12)[C@@H]1CC2(CCC1=O)OCCO2. The minimum atomic E-state index is -0.719. The molecule has 0 unspecified atom stereocenters. The van der Waals surface area contributed by atoms with E-state index >= 15 is 0 Å². The molecule has 1 heterocycles. The van der Waals surface area contributed by atoms with Crippen LogP contribution in [0.4, 0.5) is 0 Å². The van der Waals surface area contributed by atoms with Crippen molar-refractivity contribution in [1.82, 2.24) is 0 Å². The summed E-state index contributed by atoms with van der Waals surface area (Å²) in [6.07, 6.45) is 1.80. The van der Waals surface area contributed by atoms with Gasteiger partial charge in [0, 0.05) is 25.2 Å². The van der Waals surface area contributed by atoms with Crippen LogP contribution in [-0.2, 0) is 30.2 Å². The molecule has 1 aliphatic carbocycles. The molecule has 5 heteroatoms. The molecule has 5 nitrogen and oxygen atoms in total. The van der Waals surface area contributed by atoms with Gasteiger partial charge in [-0.05, 0) is 22.8 Å². The number of hydrogen-bond acceptors (Lipinski definition) is 5. The number of benzene rings is 2. The molecule has 0 aromatic heterocycles. The third kappa shape index (κ3) is 3.49. The van der Waals surface area contributed by atoms with Crippen molar-refractivity contribution < 1.29 is 23.8 Å². The van der Waals surface area contributed by atoms with E-state index in [4.69, 9.17) is 14.2 Å². The first-order chi connectivity index (χ1) is 13.1. The summed E-state index contributed by atoms with van der Waals surface area (Å²) < 4.78 is 16.7. The third-order valence-corrected chi connectivity index (χ3v) is 5.82. The summed E-state index contributed by atoms with van der Waals surface area (Å²) in [4.78, 5) is 25.4. The zero-order valence-electron chi connectivity index (χ0n) is 15.5. The van der Waals surface area contributed by atoms with Gasteiger partial charge in [0.2, 0.25) is 0 Å². The average Bonchev–Trinajstić information content (AvgIpc) is 3.16. The highest BCUT2D eigenvalue weighted by Crippen LogP contribution is 2.41. The highest BCUT2D eigenvalue weighted by atomic mass is 16.7. The van der Waals surface area contributed by atoms with E-state index in [1.807, 2.05) is 42.5 Å². The zero-order valence-corrected chi connectivity index (χ0v) is 15.5. The van der Waals surface area contributed by atoms with Gasteiger partial charge in [0.05, 0.1) is 26.2 Å². The highest BCUT2D eigenvalue weighted by molar-refractivity contribution is 5.89. The molecule has 1 aliphatic heterocycles. The first-order valence-corrected chi connectivity index (χ1v) is 9.47. The number of methoxy groups -OCH3 is 1. The van der Waals surface area contributed by atoms with Crippen molar-refractivity contribution in [3.05, 3.63) is 48.0 Å². The number of esters is 1. The van der Waals surface area contributed by atoms with Crippen molar-refractivity contribution >= 4 is 22.5 Å². The summed E-state index contributed by atoms with van der Waals surface area (Å²) in [7, 11) is 1.38. The van der Waals surface area contributed by atoms with Gasteiger partial charge >= 0.3 is 5.97 Å². The Hall–Kier alpha value is -2.24. The Morgan fingerprint density at radius 1 is 1.19 bits per heavy atom. The fourth-order valence-corrected chi connectivity index (χ4v) is 4.42. The van der Waals surface area contributed by atoms with Crippen LogP contribution in [0.1, 0.15) is 24.8 Å². The summed E-state index contributed by atoms with van der Waals surface area (Å²) in [5, 5.41) is 2.22. The van der Waals surface area contributed by atoms with E-state index < -0.39 is 17.6 Å². The molecule has 0 amide bonds. The number of rotatable bonds is 4. The molecule has 2 atom stereocenters. The second kappa shape index (κ2) is 7.41. The molecule has 1 saturated heterocycles. The standard InChI is InChI=1S/C22H24O5/c1-25-21(24)18(13-16-7-4-6-15-5-2-3-8-17(15)16)19-14-22(10-9-20(19)23)26-11-12-27-22/h2-8,18-19H,9-14H2,1H3/t18-,19+/m1/s1. The van der Waals surface area contributed by atoms with E-state index in [-0.39, 0.29) is 11.8 Å². The van der Waals surface area contributed by atoms with Crippen LogP contribution in [0.2, 0.25) is 0 Å². The predicted molar refractivity (Wildman–Crippen MR) is 100 cm³/mol. The lowest BCUT2D eigenvalue weighted by Crippen LogP contribution is -2.45. The fraction of sp³-hybridized carbons (Fsp3) is 0.455. The normalized spacial score (nSPS) is 22.9. The van der Waals surface area contributed by atoms with Crippen molar-refractivity contribution in [1.29, 1.82) is 0 Å². The molecule has 27 heavy (non-hydrogen) atoms. The van der Waals surface area contributed by atoms with Crippen LogP contribution in [0.3, 0.4) is 0 Å². The van der Waals surface area contributed by atoms with Crippen molar-refractivity contribution in [2.45, 2.75) is 31.5 Å². The molecule has 1 saturated carbocycles. The van der Waals surface area contributed by atoms with Gasteiger partial charge in [-0.15, -0.1) is 0 Å². The van der Waals surface area contributed by atoms with E-state index in [9.17, 15) is 9.59 Å². The second-order valence-electron chi connectivity index (χ2n) is 7.36. The van der Waals surface area contributed by atoms with Crippen LogP contribution in [0.25, 0.3) is 10.8 Å². The number of ketones is 1. The molecule has 2 aromatic carbocycles. The summed E-state index contributed by atoms with van der Waals surface area (Å²) in [6, 6.07) is 14.1. The van der Waals surface area contributed by atoms with Crippen LogP contribution in [-0.4, -0.2) is 37.9 Å². The van der Waals surface area contributed by atoms with Crippen molar-refractivity contribution in [2.24, 2.45) is 11.8 Å². The molecule has 142 valence electrons. The maximum Gasteiger partial charge on any atom is 0.309 e. The Balaban J connectivity index is 1.66. The zero-order chi connectivity index (χ0) is 18.9. The van der Waals surface area contributed by atoms with Crippen LogP contribution >= 0.6 is 0 Å². The summed E-state index contributed by atoms with van der Waals surface area (Å²) >= 11 is 0. The van der Waals surface area contributed by atoms with E-state index in [0.717, 1.165) is 16.3 Å². The monoisotopic (exact) mass is 368 g/mol. The number of Topliss-reactive ketones (excluding diaryl/α,β-unsaturated/α-hetero) is 1. The lowest BCUT2D eigenvalue weighted by molar-refractivity contribution is -0.194. The summed E-state index contributed by atoms with van der Waals surface area (Å²) in [5.41, 5.74) is 1.05. The highest BCUT2D eigenvalue weighted by Gasteiger charge is 2.48. The molecule has 0 N–H and O–H groups in total.